The normalized spacial score (nSPS) is 7.27. The van der Waals surface area contributed by atoms with Gasteiger partial charge in [0.25, 0.3) is 0 Å². The molecule has 146 valence electrons. The van der Waals surface area contributed by atoms with Crippen molar-refractivity contribution in [2.45, 2.75) is 116 Å². The Morgan fingerprint density at radius 3 is 0.682 bits per heavy atom. The van der Waals surface area contributed by atoms with Crippen LogP contribution in [0.3, 0.4) is 0 Å². The van der Waals surface area contributed by atoms with E-state index in [4.69, 9.17) is 5.11 Å². The summed E-state index contributed by atoms with van der Waals surface area (Å²) >= 11 is 3.83. The van der Waals surface area contributed by atoms with Crippen molar-refractivity contribution >= 4 is 18.1 Å². The second kappa shape index (κ2) is 49.7. The summed E-state index contributed by atoms with van der Waals surface area (Å²) in [5.74, 6) is 2.83. The number of aliphatic hydroxyl groups is 1. The Morgan fingerprint density at radius 1 is 0.682 bits per heavy atom. The van der Waals surface area contributed by atoms with Gasteiger partial charge in [-0.1, -0.05) is 102 Å². The van der Waals surface area contributed by atoms with Gasteiger partial charge in [-0.05, 0) is 32.1 Å². The molecule has 0 heterocycles. The summed E-state index contributed by atoms with van der Waals surface area (Å²) < 4.78 is 0. The lowest BCUT2D eigenvalue weighted by atomic mass is 10.0. The van der Waals surface area contributed by atoms with Crippen LogP contribution >= 0.6 is 12.2 Å². The first-order chi connectivity index (χ1) is 9.41. The molecular formula is C19H52O2S. The molecule has 0 aromatic heterocycles. The Labute approximate surface area is 150 Å². The third kappa shape index (κ3) is 72300000. The first-order valence-corrected chi connectivity index (χ1v) is 9.00. The maximum atomic E-state index is 8.52. The first kappa shape index (κ1) is 49.5. The summed E-state index contributed by atoms with van der Waals surface area (Å²) in [5.41, 5.74) is 0. The van der Waals surface area contributed by atoms with E-state index in [9.17, 15) is 0 Å². The second-order valence-corrected chi connectivity index (χ2v) is 5.88. The highest BCUT2D eigenvalue weighted by Crippen LogP contribution is 2.08. The van der Waals surface area contributed by atoms with Gasteiger partial charge in [-0.25, -0.2) is 0 Å². The molecule has 0 bridgehead atoms. The highest BCUT2D eigenvalue weighted by molar-refractivity contribution is 7.77. The van der Waals surface area contributed by atoms with E-state index < -0.39 is 5.60 Å². The average Bonchev–Trinajstić information content (AvgIpc) is 2.35. The van der Waals surface area contributed by atoms with Crippen molar-refractivity contribution in [3.63, 3.8) is 0 Å². The third-order valence-corrected chi connectivity index (χ3v) is 0. The molecule has 0 amide bonds. The number of hydrogen-bond acceptors (Lipinski definition) is 2. The van der Waals surface area contributed by atoms with Crippen LogP contribution < -0.4 is 0 Å². The lowest BCUT2D eigenvalue weighted by Crippen LogP contribution is -2.10. The Kier molecular flexibility index (Phi) is 112. The van der Waals surface area contributed by atoms with Crippen molar-refractivity contribution in [1.29, 1.82) is 0 Å². The predicted molar refractivity (Wildman–Crippen MR) is 115 cm³/mol. The molecule has 0 saturated heterocycles. The molecule has 3 N–H and O–H groups in total. The van der Waals surface area contributed by atoms with Gasteiger partial charge >= 0.3 is 0 Å². The van der Waals surface area contributed by atoms with Crippen molar-refractivity contribution in [3.8, 4) is 0 Å². The van der Waals surface area contributed by atoms with Crippen LogP contribution in [-0.2, 0) is 0 Å². The maximum absolute atomic E-state index is 8.52. The van der Waals surface area contributed by atoms with E-state index in [1.54, 1.807) is 20.8 Å². The topological polar surface area (TPSA) is 51.7 Å². The molecule has 3 heteroatoms. The molecule has 0 aliphatic rings. The Bertz CT molecular complexity index is 79.0. The SMILES string of the molecule is C=S.CC.CC.CC.CC(C)(C)C.CC(C)(C)O.CCC.O. The van der Waals surface area contributed by atoms with Crippen LogP contribution in [0.25, 0.3) is 0 Å². The Balaban J connectivity index is -0.0000000181. The van der Waals surface area contributed by atoms with Gasteiger partial charge < -0.3 is 10.6 Å². The molecule has 0 spiro atoms. The molecule has 0 rings (SSSR count). The average molecular weight is 345 g/mol. The largest absolute Gasteiger partial charge is 0.412 e. The molecule has 0 unspecified atom stereocenters. The van der Waals surface area contributed by atoms with E-state index in [0.717, 1.165) is 0 Å². The third-order valence-electron chi connectivity index (χ3n) is 0. The van der Waals surface area contributed by atoms with Crippen LogP contribution in [-0.4, -0.2) is 22.1 Å². The predicted octanol–water partition coefficient (Wildman–Crippen LogP) is 7.12. The van der Waals surface area contributed by atoms with Gasteiger partial charge in [-0.3, -0.25) is 0 Å². The van der Waals surface area contributed by atoms with E-state index in [-0.39, 0.29) is 5.48 Å². The number of thiocarbonyl (C=S) groups is 1. The minimum absolute atomic E-state index is 0. The summed E-state index contributed by atoms with van der Waals surface area (Å²) in [4.78, 5) is 0. The molecule has 0 radical (unpaired) electrons. The summed E-state index contributed by atoms with van der Waals surface area (Å²) in [6.07, 6.45) is 1.25. The molecular weight excluding hydrogens is 292 g/mol. The van der Waals surface area contributed by atoms with Gasteiger partial charge in [0.2, 0.25) is 0 Å². The molecule has 2 nitrogen and oxygen atoms in total. The fourth-order valence-corrected chi connectivity index (χ4v) is 0. The van der Waals surface area contributed by atoms with Crippen LogP contribution in [0.1, 0.15) is 110 Å². The molecule has 0 aliphatic carbocycles. The van der Waals surface area contributed by atoms with E-state index in [1.165, 1.54) is 6.42 Å². The molecule has 0 aromatic carbocycles. The summed E-state index contributed by atoms with van der Waals surface area (Å²) in [7, 11) is 0. The van der Waals surface area contributed by atoms with Crippen molar-refractivity contribution in [1.82, 2.24) is 0 Å². The number of rotatable bonds is 0. The highest BCUT2D eigenvalue weighted by atomic mass is 32.1. The van der Waals surface area contributed by atoms with E-state index in [0.29, 0.717) is 5.41 Å². The summed E-state index contributed by atoms with van der Waals surface area (Å²) in [5, 5.41) is 8.52. The van der Waals surface area contributed by atoms with Gasteiger partial charge in [-0.15, -0.1) is 0 Å². The molecule has 0 atom stereocenters. The van der Waals surface area contributed by atoms with Crippen LogP contribution in [0, 0.1) is 5.41 Å². The van der Waals surface area contributed by atoms with Crippen molar-refractivity contribution < 1.29 is 10.6 Å². The smallest absolute Gasteiger partial charge is 0.0563 e. The molecule has 0 saturated carbocycles. The minimum atomic E-state index is -0.500. The molecule has 0 fully saturated rings. The standard InChI is InChI=1S/C5H12.C4H10O.C3H8.3C2H6.CH2S.H2O/c1-5(2,3)4;1-4(2,3)5;1-3-2;4*1-2;/h1-4H3;5H,1-3H3;3H2,1-2H3;3*1-2H3;1H2;1H2. The Morgan fingerprint density at radius 2 is 0.682 bits per heavy atom. The lowest BCUT2D eigenvalue weighted by Gasteiger charge is -2.05. The van der Waals surface area contributed by atoms with Gasteiger partial charge in [0.1, 0.15) is 0 Å². The maximum Gasteiger partial charge on any atom is 0.0563 e. The Hall–Kier alpha value is 0.0100. The minimum Gasteiger partial charge on any atom is -0.412 e. The van der Waals surface area contributed by atoms with Gasteiger partial charge in [0.15, 0.2) is 0 Å². The van der Waals surface area contributed by atoms with Crippen molar-refractivity contribution in [2.75, 3.05) is 0 Å². The monoisotopic (exact) mass is 344 g/mol. The van der Waals surface area contributed by atoms with E-state index in [2.05, 4.69) is 59.6 Å². The van der Waals surface area contributed by atoms with Gasteiger partial charge in [-0.2, -0.15) is 0 Å². The first-order valence-electron chi connectivity index (χ1n) is 8.43. The highest BCUT2D eigenvalue weighted by Gasteiger charge is 1.97. The zero-order chi connectivity index (χ0) is 19.7. The lowest BCUT2D eigenvalue weighted by molar-refractivity contribution is 0.102. The molecule has 0 aromatic rings. The van der Waals surface area contributed by atoms with Crippen molar-refractivity contribution in [2.24, 2.45) is 5.41 Å². The molecule has 0 aliphatic heterocycles. The summed E-state index contributed by atoms with van der Waals surface area (Å²) in [6, 6.07) is 0. The van der Waals surface area contributed by atoms with E-state index >= 15 is 0 Å². The fourth-order valence-electron chi connectivity index (χ4n) is 0. The van der Waals surface area contributed by atoms with Crippen LogP contribution in [0.2, 0.25) is 0 Å². The quantitative estimate of drug-likeness (QED) is 0.476. The van der Waals surface area contributed by atoms with Crippen molar-refractivity contribution in [3.05, 3.63) is 0 Å². The van der Waals surface area contributed by atoms with Crippen LogP contribution in [0.15, 0.2) is 0 Å². The fraction of sp³-hybridized carbons (Fsp3) is 0.947. The zero-order valence-corrected chi connectivity index (χ0v) is 19.6. The van der Waals surface area contributed by atoms with E-state index in [1.807, 2.05) is 41.5 Å². The summed E-state index contributed by atoms with van der Waals surface area (Å²) in [6.45, 7) is 30.2. The molecule has 22 heavy (non-hydrogen) atoms. The van der Waals surface area contributed by atoms with Gasteiger partial charge in [0.05, 0.1) is 5.60 Å². The van der Waals surface area contributed by atoms with Crippen LogP contribution in [0.4, 0.5) is 0 Å². The number of hydrogen-bond donors (Lipinski definition) is 1. The zero-order valence-electron chi connectivity index (χ0n) is 18.8. The van der Waals surface area contributed by atoms with Gasteiger partial charge in [0, 0.05) is 0 Å². The second-order valence-electron chi connectivity index (χ2n) is 5.88. The van der Waals surface area contributed by atoms with Crippen LogP contribution in [0.5, 0.6) is 0 Å².